The van der Waals surface area contributed by atoms with E-state index in [4.69, 9.17) is 0 Å². The first kappa shape index (κ1) is 9.35. The van der Waals surface area contributed by atoms with Crippen LogP contribution in [0.15, 0.2) is 47.0 Å². The maximum Gasteiger partial charge on any atom is 0.298 e. The molecule has 2 aromatic carbocycles. The topological polar surface area (TPSA) is 67.6 Å². The van der Waals surface area contributed by atoms with Gasteiger partial charge >= 0.3 is 0 Å². The van der Waals surface area contributed by atoms with Crippen LogP contribution in [0.2, 0.25) is 0 Å². The van der Waals surface area contributed by atoms with E-state index < -0.39 is 0 Å². The Labute approximate surface area is 101 Å². The number of aromatic nitrogens is 2. The highest BCUT2D eigenvalue weighted by molar-refractivity contribution is 6.17. The number of nitrogens with zero attached hydrogens (tertiary/aromatic N) is 4. The molecule has 1 aliphatic heterocycles. The first-order valence-corrected chi connectivity index (χ1v) is 5.46. The van der Waals surface area contributed by atoms with Gasteiger partial charge in [-0.1, -0.05) is 12.1 Å². The Morgan fingerprint density at radius 1 is 0.944 bits per heavy atom. The highest BCUT2D eigenvalue weighted by Crippen LogP contribution is 2.35. The quantitative estimate of drug-likeness (QED) is 0.561. The lowest BCUT2D eigenvalue weighted by Crippen LogP contribution is -1.92. The number of amides is 1. The molecule has 84 valence electrons. The van der Waals surface area contributed by atoms with E-state index in [1.807, 2.05) is 18.2 Å². The van der Waals surface area contributed by atoms with E-state index in [-0.39, 0.29) is 5.91 Å². The van der Waals surface area contributed by atoms with Crippen molar-refractivity contribution < 1.29 is 4.79 Å². The molecule has 0 N–H and O–H groups in total. The average Bonchev–Trinajstić information content (AvgIpc) is 2.80. The number of fused-ring (bicyclic) bond motifs is 5. The molecule has 0 atom stereocenters. The molecule has 0 saturated carbocycles. The van der Waals surface area contributed by atoms with Crippen molar-refractivity contribution in [3.8, 4) is 0 Å². The fourth-order valence-electron chi connectivity index (χ4n) is 2.31. The minimum atomic E-state index is -0.288. The molecule has 5 nitrogen and oxygen atoms in total. The second-order valence-corrected chi connectivity index (χ2v) is 4.09. The molecule has 1 aromatic heterocycles. The Kier molecular flexibility index (Phi) is 1.64. The number of azo groups is 1. The number of carbonyl (C=O) groups excluding carboxylic acids is 1. The zero-order valence-corrected chi connectivity index (χ0v) is 9.16. The summed E-state index contributed by atoms with van der Waals surface area (Å²) < 4.78 is 0. The molecule has 4 rings (SSSR count). The second-order valence-electron chi connectivity index (χ2n) is 4.09. The van der Waals surface area contributed by atoms with Gasteiger partial charge in [0.1, 0.15) is 6.33 Å². The molecule has 0 aliphatic carbocycles. The van der Waals surface area contributed by atoms with Crippen LogP contribution in [0.4, 0.5) is 5.69 Å². The van der Waals surface area contributed by atoms with Gasteiger partial charge in [-0.3, -0.25) is 4.79 Å². The van der Waals surface area contributed by atoms with E-state index in [2.05, 4.69) is 20.2 Å². The Hall–Kier alpha value is -2.69. The van der Waals surface area contributed by atoms with Crippen LogP contribution < -0.4 is 0 Å². The lowest BCUT2D eigenvalue weighted by Gasteiger charge is -2.04. The molecule has 3 aromatic rings. The van der Waals surface area contributed by atoms with Crippen LogP contribution in [0.5, 0.6) is 0 Å². The standard InChI is InChI=1S/C13H6N4O/c18-13-11-8-2-1-7-5-14-6-15-12(7)9(8)3-4-10(11)16-17-13/h1-6H. The predicted octanol–water partition coefficient (Wildman–Crippen LogP) is 3.02. The zero-order valence-electron chi connectivity index (χ0n) is 9.16. The summed E-state index contributed by atoms with van der Waals surface area (Å²) in [7, 11) is 0. The lowest BCUT2D eigenvalue weighted by atomic mass is 10.0. The fourth-order valence-corrected chi connectivity index (χ4v) is 2.31. The van der Waals surface area contributed by atoms with Gasteiger partial charge in [0.25, 0.3) is 5.91 Å². The molecular weight excluding hydrogens is 228 g/mol. The van der Waals surface area contributed by atoms with Crippen molar-refractivity contribution in [2.45, 2.75) is 0 Å². The van der Waals surface area contributed by atoms with Gasteiger partial charge < -0.3 is 0 Å². The highest BCUT2D eigenvalue weighted by atomic mass is 16.2. The van der Waals surface area contributed by atoms with Crippen LogP contribution in [0.3, 0.4) is 0 Å². The molecule has 2 heterocycles. The summed E-state index contributed by atoms with van der Waals surface area (Å²) in [6, 6.07) is 7.52. The van der Waals surface area contributed by atoms with Crippen molar-refractivity contribution in [1.82, 2.24) is 9.97 Å². The molecule has 0 radical (unpaired) electrons. The summed E-state index contributed by atoms with van der Waals surface area (Å²) in [6.45, 7) is 0. The van der Waals surface area contributed by atoms with Crippen molar-refractivity contribution in [3.05, 3.63) is 42.4 Å². The van der Waals surface area contributed by atoms with Crippen molar-refractivity contribution >= 4 is 33.3 Å². The first-order chi connectivity index (χ1) is 8.84. The number of rotatable bonds is 0. The maximum atomic E-state index is 11.7. The van der Waals surface area contributed by atoms with Gasteiger partial charge in [-0.15, -0.1) is 10.2 Å². The third-order valence-electron chi connectivity index (χ3n) is 3.11. The van der Waals surface area contributed by atoms with Gasteiger partial charge in [0.15, 0.2) is 0 Å². The molecule has 0 unspecified atom stereocenters. The smallest absolute Gasteiger partial charge is 0.265 e. The monoisotopic (exact) mass is 234 g/mol. The SMILES string of the molecule is O=C1N=Nc2ccc3c(ccc4cncnc43)c21. The molecule has 0 fully saturated rings. The number of hydrogen-bond donors (Lipinski definition) is 0. The molecule has 0 spiro atoms. The van der Waals surface area contributed by atoms with Crippen LogP contribution in [0.25, 0.3) is 21.7 Å². The van der Waals surface area contributed by atoms with E-state index >= 15 is 0 Å². The summed E-state index contributed by atoms with van der Waals surface area (Å²) in [4.78, 5) is 20.0. The Morgan fingerprint density at radius 3 is 2.78 bits per heavy atom. The van der Waals surface area contributed by atoms with Crippen LogP contribution in [0.1, 0.15) is 10.4 Å². The molecule has 1 amide bonds. The van der Waals surface area contributed by atoms with Crippen LogP contribution in [0, 0.1) is 0 Å². The summed E-state index contributed by atoms with van der Waals surface area (Å²) in [5, 5.41) is 10.2. The van der Waals surface area contributed by atoms with Gasteiger partial charge in [0, 0.05) is 17.0 Å². The first-order valence-electron chi connectivity index (χ1n) is 5.46. The maximum absolute atomic E-state index is 11.7. The van der Waals surface area contributed by atoms with Gasteiger partial charge in [-0.2, -0.15) is 0 Å². The summed E-state index contributed by atoms with van der Waals surface area (Å²) in [5.41, 5.74) is 2.03. The minimum Gasteiger partial charge on any atom is -0.265 e. The highest BCUT2D eigenvalue weighted by Gasteiger charge is 2.21. The number of hydrogen-bond acceptors (Lipinski definition) is 4. The third-order valence-corrected chi connectivity index (χ3v) is 3.11. The van der Waals surface area contributed by atoms with Crippen LogP contribution in [-0.4, -0.2) is 15.9 Å². The normalized spacial score (nSPS) is 13.4. The second kappa shape index (κ2) is 3.16. The molecule has 18 heavy (non-hydrogen) atoms. The van der Waals surface area contributed by atoms with E-state index in [9.17, 15) is 4.79 Å². The summed E-state index contributed by atoms with van der Waals surface area (Å²) in [6.07, 6.45) is 3.26. The Balaban J connectivity index is 2.24. The molecular formula is C13H6N4O. The third kappa shape index (κ3) is 1.08. The number of benzene rings is 2. The van der Waals surface area contributed by atoms with Gasteiger partial charge in [0.2, 0.25) is 0 Å². The zero-order chi connectivity index (χ0) is 12.1. The predicted molar refractivity (Wildman–Crippen MR) is 65.9 cm³/mol. The van der Waals surface area contributed by atoms with Crippen molar-refractivity contribution in [1.29, 1.82) is 0 Å². The number of carbonyl (C=O) groups is 1. The molecule has 0 saturated heterocycles. The lowest BCUT2D eigenvalue weighted by molar-refractivity contribution is 0.100. The van der Waals surface area contributed by atoms with Crippen LogP contribution in [-0.2, 0) is 0 Å². The van der Waals surface area contributed by atoms with E-state index in [1.165, 1.54) is 6.33 Å². The summed E-state index contributed by atoms with van der Waals surface area (Å²) >= 11 is 0. The van der Waals surface area contributed by atoms with Gasteiger partial charge in [-0.25, -0.2) is 9.97 Å². The van der Waals surface area contributed by atoms with Gasteiger partial charge in [-0.05, 0) is 17.5 Å². The van der Waals surface area contributed by atoms with E-state index in [1.54, 1.807) is 12.3 Å². The van der Waals surface area contributed by atoms with E-state index in [0.29, 0.717) is 11.3 Å². The van der Waals surface area contributed by atoms with Crippen LogP contribution >= 0.6 is 0 Å². The summed E-state index contributed by atoms with van der Waals surface area (Å²) in [5.74, 6) is -0.288. The van der Waals surface area contributed by atoms with E-state index in [0.717, 1.165) is 21.7 Å². The molecule has 5 heteroatoms. The Bertz CT molecular complexity index is 854. The molecule has 1 aliphatic rings. The van der Waals surface area contributed by atoms with Crippen molar-refractivity contribution in [2.75, 3.05) is 0 Å². The van der Waals surface area contributed by atoms with Crippen molar-refractivity contribution in [2.24, 2.45) is 10.2 Å². The fraction of sp³-hybridized carbons (Fsp3) is 0. The average molecular weight is 234 g/mol. The Morgan fingerprint density at radius 2 is 1.83 bits per heavy atom. The largest absolute Gasteiger partial charge is 0.298 e. The van der Waals surface area contributed by atoms with Gasteiger partial charge in [0.05, 0.1) is 16.8 Å². The van der Waals surface area contributed by atoms with Crippen molar-refractivity contribution in [3.63, 3.8) is 0 Å². The minimum absolute atomic E-state index is 0.288. The molecule has 0 bridgehead atoms.